The quantitative estimate of drug-likeness (QED) is 0.730. The van der Waals surface area contributed by atoms with E-state index in [-0.39, 0.29) is 5.92 Å². The van der Waals surface area contributed by atoms with Gasteiger partial charge in [-0.25, -0.2) is 0 Å². The van der Waals surface area contributed by atoms with Crippen LogP contribution in [0.15, 0.2) is 0 Å². The standard InChI is InChI=1S/C8H10F5NO2/c9-7(10,8(11,12)13)6(16)14-3-5(15)4-1-2-4/h4-5,15H,1-3H2,(H,14,16). The maximum absolute atomic E-state index is 12.4. The van der Waals surface area contributed by atoms with Crippen LogP contribution >= 0.6 is 0 Å². The minimum atomic E-state index is -5.92. The van der Waals surface area contributed by atoms with Gasteiger partial charge in [-0.15, -0.1) is 0 Å². The van der Waals surface area contributed by atoms with E-state index in [1.54, 1.807) is 0 Å². The third-order valence-electron chi connectivity index (χ3n) is 2.28. The van der Waals surface area contributed by atoms with E-state index in [9.17, 15) is 26.7 Å². The number of alkyl halides is 5. The first-order valence-corrected chi connectivity index (χ1v) is 4.57. The molecule has 0 spiro atoms. The van der Waals surface area contributed by atoms with Gasteiger partial charge in [-0.2, -0.15) is 22.0 Å². The molecule has 0 aromatic heterocycles. The summed E-state index contributed by atoms with van der Waals surface area (Å²) in [6, 6.07) is 0. The Bertz CT molecular complexity index is 274. The molecule has 0 saturated heterocycles. The average molecular weight is 247 g/mol. The van der Waals surface area contributed by atoms with Crippen molar-refractivity contribution >= 4 is 5.91 Å². The lowest BCUT2D eigenvalue weighted by atomic mass is 10.2. The fourth-order valence-electron chi connectivity index (χ4n) is 1.08. The largest absolute Gasteiger partial charge is 0.463 e. The maximum Gasteiger partial charge on any atom is 0.463 e. The van der Waals surface area contributed by atoms with Crippen molar-refractivity contribution in [2.24, 2.45) is 5.92 Å². The Labute approximate surface area is 87.6 Å². The van der Waals surface area contributed by atoms with Gasteiger partial charge in [0.15, 0.2) is 0 Å². The first-order valence-electron chi connectivity index (χ1n) is 4.57. The smallest absolute Gasteiger partial charge is 0.391 e. The van der Waals surface area contributed by atoms with Gasteiger partial charge in [-0.3, -0.25) is 4.79 Å². The first-order chi connectivity index (χ1) is 7.16. The second-order valence-corrected chi connectivity index (χ2v) is 3.69. The number of hydrogen-bond donors (Lipinski definition) is 2. The average Bonchev–Trinajstić information content (AvgIpc) is 2.94. The Morgan fingerprint density at radius 1 is 1.31 bits per heavy atom. The molecular formula is C8H10F5NO2. The SMILES string of the molecule is O=C(NCC(O)C1CC1)C(F)(F)C(F)(F)F. The van der Waals surface area contributed by atoms with Crippen LogP contribution in [0.4, 0.5) is 22.0 Å². The summed E-state index contributed by atoms with van der Waals surface area (Å²) in [6.45, 7) is -0.588. The van der Waals surface area contributed by atoms with Crippen LogP contribution in [0.25, 0.3) is 0 Å². The Morgan fingerprint density at radius 2 is 1.81 bits per heavy atom. The van der Waals surface area contributed by atoms with Gasteiger partial charge in [-0.05, 0) is 18.8 Å². The van der Waals surface area contributed by atoms with E-state index in [1.165, 1.54) is 5.32 Å². The van der Waals surface area contributed by atoms with Gasteiger partial charge in [0.2, 0.25) is 0 Å². The number of rotatable bonds is 4. The van der Waals surface area contributed by atoms with Crippen LogP contribution in [-0.4, -0.2) is 35.8 Å². The van der Waals surface area contributed by atoms with Crippen molar-refractivity contribution in [1.29, 1.82) is 0 Å². The lowest BCUT2D eigenvalue weighted by Crippen LogP contribution is -2.51. The number of amides is 1. The summed E-state index contributed by atoms with van der Waals surface area (Å²) in [7, 11) is 0. The van der Waals surface area contributed by atoms with Crippen LogP contribution in [-0.2, 0) is 4.79 Å². The van der Waals surface area contributed by atoms with Crippen LogP contribution in [0.3, 0.4) is 0 Å². The van der Waals surface area contributed by atoms with Gasteiger partial charge < -0.3 is 10.4 Å². The summed E-state index contributed by atoms with van der Waals surface area (Å²) < 4.78 is 59.9. The second-order valence-electron chi connectivity index (χ2n) is 3.69. The maximum atomic E-state index is 12.4. The molecule has 1 saturated carbocycles. The molecule has 1 unspecified atom stereocenters. The Balaban J connectivity index is 2.44. The molecule has 0 aliphatic heterocycles. The zero-order chi connectivity index (χ0) is 12.6. The molecule has 2 N–H and O–H groups in total. The van der Waals surface area contributed by atoms with E-state index in [1.807, 2.05) is 0 Å². The Hall–Kier alpha value is -0.920. The van der Waals surface area contributed by atoms with Crippen molar-refractivity contribution in [2.45, 2.75) is 31.0 Å². The van der Waals surface area contributed by atoms with E-state index in [0.29, 0.717) is 12.8 Å². The number of nitrogens with one attached hydrogen (secondary N) is 1. The minimum Gasteiger partial charge on any atom is -0.391 e. The number of aliphatic hydroxyl groups excluding tert-OH is 1. The molecule has 16 heavy (non-hydrogen) atoms. The fourth-order valence-corrected chi connectivity index (χ4v) is 1.08. The Kier molecular flexibility index (Phi) is 3.41. The predicted molar refractivity (Wildman–Crippen MR) is 42.7 cm³/mol. The number of aliphatic hydroxyl groups is 1. The molecule has 1 rings (SSSR count). The van der Waals surface area contributed by atoms with Crippen LogP contribution < -0.4 is 5.32 Å². The number of carbonyl (C=O) groups excluding carboxylic acids is 1. The zero-order valence-corrected chi connectivity index (χ0v) is 8.02. The van der Waals surface area contributed by atoms with Gasteiger partial charge in [0, 0.05) is 6.54 Å². The molecule has 8 heteroatoms. The molecule has 1 fully saturated rings. The van der Waals surface area contributed by atoms with Gasteiger partial charge >= 0.3 is 12.1 Å². The van der Waals surface area contributed by atoms with Gasteiger partial charge in [0.1, 0.15) is 0 Å². The van der Waals surface area contributed by atoms with Crippen LogP contribution in [0.5, 0.6) is 0 Å². The molecule has 1 aliphatic carbocycles. The van der Waals surface area contributed by atoms with Crippen LogP contribution in [0, 0.1) is 5.92 Å². The highest BCUT2D eigenvalue weighted by atomic mass is 19.4. The molecule has 0 bridgehead atoms. The first kappa shape index (κ1) is 13.1. The number of halogens is 5. The predicted octanol–water partition coefficient (Wildman–Crippen LogP) is 1.07. The van der Waals surface area contributed by atoms with E-state index >= 15 is 0 Å². The molecule has 1 aliphatic rings. The van der Waals surface area contributed by atoms with Crippen molar-refractivity contribution in [3.05, 3.63) is 0 Å². The lowest BCUT2D eigenvalue weighted by Gasteiger charge is -2.19. The Morgan fingerprint density at radius 3 is 2.19 bits per heavy atom. The van der Waals surface area contributed by atoms with E-state index in [0.717, 1.165) is 0 Å². The van der Waals surface area contributed by atoms with Crippen molar-refractivity contribution in [1.82, 2.24) is 5.32 Å². The van der Waals surface area contributed by atoms with Crippen molar-refractivity contribution in [2.75, 3.05) is 6.54 Å². The summed E-state index contributed by atoms with van der Waals surface area (Å²) in [5.74, 6) is -7.96. The molecule has 1 amide bonds. The molecular weight excluding hydrogens is 237 g/mol. The topological polar surface area (TPSA) is 49.3 Å². The van der Waals surface area contributed by atoms with E-state index in [4.69, 9.17) is 5.11 Å². The molecule has 3 nitrogen and oxygen atoms in total. The van der Waals surface area contributed by atoms with Gasteiger partial charge in [-0.1, -0.05) is 0 Å². The van der Waals surface area contributed by atoms with Crippen LogP contribution in [0.2, 0.25) is 0 Å². The summed E-state index contributed by atoms with van der Waals surface area (Å²) >= 11 is 0. The summed E-state index contributed by atoms with van der Waals surface area (Å²) in [6.07, 6.45) is -5.60. The highest BCUT2D eigenvalue weighted by molar-refractivity contribution is 5.84. The summed E-state index contributed by atoms with van der Waals surface area (Å²) in [4.78, 5) is 10.6. The summed E-state index contributed by atoms with van der Waals surface area (Å²) in [5, 5.41) is 10.6. The monoisotopic (exact) mass is 247 g/mol. The molecule has 1 atom stereocenters. The van der Waals surface area contributed by atoms with Crippen LogP contribution in [0.1, 0.15) is 12.8 Å². The summed E-state index contributed by atoms with van der Waals surface area (Å²) in [5.41, 5.74) is 0. The second kappa shape index (κ2) is 4.15. The minimum absolute atomic E-state index is 0.111. The highest BCUT2D eigenvalue weighted by Crippen LogP contribution is 2.36. The van der Waals surface area contributed by atoms with E-state index < -0.39 is 30.7 Å². The normalized spacial score (nSPS) is 19.4. The third kappa shape index (κ3) is 2.81. The van der Waals surface area contributed by atoms with Crippen molar-refractivity contribution in [3.63, 3.8) is 0 Å². The van der Waals surface area contributed by atoms with Gasteiger partial charge in [0.25, 0.3) is 5.91 Å². The third-order valence-corrected chi connectivity index (χ3v) is 2.28. The number of carbonyl (C=O) groups is 1. The molecule has 0 aromatic carbocycles. The molecule has 0 heterocycles. The highest BCUT2D eigenvalue weighted by Gasteiger charge is 2.63. The van der Waals surface area contributed by atoms with Gasteiger partial charge in [0.05, 0.1) is 6.10 Å². The lowest BCUT2D eigenvalue weighted by molar-refractivity contribution is -0.269. The number of hydrogen-bond acceptors (Lipinski definition) is 2. The van der Waals surface area contributed by atoms with Crippen molar-refractivity contribution in [3.8, 4) is 0 Å². The molecule has 0 radical (unpaired) electrons. The molecule has 94 valence electrons. The zero-order valence-electron chi connectivity index (χ0n) is 8.02. The van der Waals surface area contributed by atoms with Crippen molar-refractivity contribution < 1.29 is 31.9 Å². The molecule has 0 aromatic rings. The fraction of sp³-hybridized carbons (Fsp3) is 0.875. The van der Waals surface area contributed by atoms with E-state index in [2.05, 4.69) is 0 Å².